The third-order valence-electron chi connectivity index (χ3n) is 5.63. The number of halogens is 3. The summed E-state index contributed by atoms with van der Waals surface area (Å²) in [6, 6.07) is 12.6. The van der Waals surface area contributed by atoms with Gasteiger partial charge in [0.1, 0.15) is 16.2 Å². The Morgan fingerprint density at radius 2 is 1.79 bits per heavy atom. The van der Waals surface area contributed by atoms with Gasteiger partial charge in [-0.2, -0.15) is 0 Å². The maximum Gasteiger partial charge on any atom is 0.247 e. The predicted octanol–water partition coefficient (Wildman–Crippen LogP) is 4.70. The molecule has 2 aliphatic rings. The van der Waals surface area contributed by atoms with E-state index in [1.165, 1.54) is 17.0 Å². The molecule has 28 heavy (non-hydrogen) atoms. The first-order valence-corrected chi connectivity index (χ1v) is 9.85. The van der Waals surface area contributed by atoms with Crippen molar-refractivity contribution in [3.8, 4) is 0 Å². The molecule has 0 bridgehead atoms. The van der Waals surface area contributed by atoms with Crippen LogP contribution in [-0.2, 0) is 16.0 Å². The second-order valence-corrected chi connectivity index (χ2v) is 9.02. The Bertz CT molecular complexity index is 965. The number of carbonyl (C=O) groups excluding carboxylic acids is 2. The second-order valence-electron chi connectivity index (χ2n) is 7.54. The Balaban J connectivity index is 1.69. The lowest BCUT2D eigenvalue weighted by Gasteiger charge is -2.38. The monoisotopic (exact) mass is 420 g/mol. The van der Waals surface area contributed by atoms with Crippen molar-refractivity contribution in [2.24, 2.45) is 5.41 Å². The first-order valence-electron chi connectivity index (χ1n) is 9.09. The van der Waals surface area contributed by atoms with Crippen molar-refractivity contribution in [2.45, 2.75) is 36.6 Å². The number of benzene rings is 2. The number of carbonyl (C=O) groups is 2. The normalized spacial score (nSPS) is 25.0. The van der Waals surface area contributed by atoms with E-state index in [0.29, 0.717) is 24.9 Å². The fourth-order valence-corrected chi connectivity index (χ4v) is 4.42. The van der Waals surface area contributed by atoms with Crippen molar-refractivity contribution in [3.05, 3.63) is 59.9 Å². The van der Waals surface area contributed by atoms with Crippen LogP contribution >= 0.6 is 23.2 Å². The summed E-state index contributed by atoms with van der Waals surface area (Å²) in [7, 11) is 0. The highest BCUT2D eigenvalue weighted by molar-refractivity contribution is 6.53. The molecule has 1 fully saturated rings. The van der Waals surface area contributed by atoms with Crippen LogP contribution in [0.25, 0.3) is 0 Å². The number of alkyl halides is 2. The Labute approximate surface area is 172 Å². The molecule has 0 radical (unpaired) electrons. The molecule has 1 saturated carbocycles. The molecule has 2 atom stereocenters. The van der Waals surface area contributed by atoms with Gasteiger partial charge in [-0.05, 0) is 49.9 Å². The quantitative estimate of drug-likeness (QED) is 0.731. The van der Waals surface area contributed by atoms with Crippen molar-refractivity contribution >= 4 is 46.4 Å². The summed E-state index contributed by atoms with van der Waals surface area (Å²) >= 11 is 12.5. The highest BCUT2D eigenvalue weighted by Gasteiger charge is 2.69. The molecule has 4 nitrogen and oxygen atoms in total. The first-order chi connectivity index (χ1) is 13.2. The van der Waals surface area contributed by atoms with E-state index < -0.39 is 27.5 Å². The molecule has 0 spiro atoms. The lowest BCUT2D eigenvalue weighted by atomic mass is 9.93. The largest absolute Gasteiger partial charge is 0.322 e. The smallest absolute Gasteiger partial charge is 0.247 e. The summed E-state index contributed by atoms with van der Waals surface area (Å²) in [6.45, 7) is 1.71. The average Bonchev–Trinajstić information content (AvgIpc) is 3.21. The molecular formula is C21H19Cl2FN2O2. The van der Waals surface area contributed by atoms with Crippen LogP contribution in [-0.4, -0.2) is 22.2 Å². The predicted molar refractivity (Wildman–Crippen MR) is 108 cm³/mol. The van der Waals surface area contributed by atoms with E-state index in [4.69, 9.17) is 23.2 Å². The van der Waals surface area contributed by atoms with E-state index in [1.807, 2.05) is 24.3 Å². The van der Waals surface area contributed by atoms with Gasteiger partial charge in [-0.3, -0.25) is 14.5 Å². The molecule has 0 aromatic heterocycles. The molecular weight excluding hydrogens is 402 g/mol. The molecule has 4 rings (SSSR count). The number of nitrogens with zero attached hydrogens (tertiary/aromatic N) is 1. The summed E-state index contributed by atoms with van der Waals surface area (Å²) in [4.78, 5) is 27.9. The molecule has 1 aliphatic heterocycles. The molecule has 0 unspecified atom stereocenters. The van der Waals surface area contributed by atoms with Crippen LogP contribution in [0.4, 0.5) is 15.8 Å². The third kappa shape index (κ3) is 3.07. The summed E-state index contributed by atoms with van der Waals surface area (Å²) in [5, 5.41) is 2.61. The van der Waals surface area contributed by atoms with Gasteiger partial charge in [0, 0.05) is 5.69 Å². The molecule has 2 aromatic rings. The molecule has 7 heteroatoms. The van der Waals surface area contributed by atoms with E-state index >= 15 is 0 Å². The van der Waals surface area contributed by atoms with Crippen LogP contribution in [0.3, 0.4) is 0 Å². The summed E-state index contributed by atoms with van der Waals surface area (Å²) in [6.07, 6.45) is 1.39. The van der Waals surface area contributed by atoms with Gasteiger partial charge in [-0.25, -0.2) is 4.39 Å². The Kier molecular flexibility index (Phi) is 4.63. The zero-order valence-electron chi connectivity index (χ0n) is 15.2. The first kappa shape index (κ1) is 19.2. The Morgan fingerprint density at radius 1 is 1.14 bits per heavy atom. The number of hydrogen-bond acceptors (Lipinski definition) is 2. The van der Waals surface area contributed by atoms with Gasteiger partial charge in [0.05, 0.1) is 11.1 Å². The lowest BCUT2D eigenvalue weighted by Crippen LogP contribution is -2.53. The van der Waals surface area contributed by atoms with Crippen molar-refractivity contribution < 1.29 is 14.0 Å². The minimum atomic E-state index is -1.15. The van der Waals surface area contributed by atoms with Crippen LogP contribution in [0.1, 0.15) is 25.3 Å². The van der Waals surface area contributed by atoms with E-state index in [2.05, 4.69) is 5.32 Å². The summed E-state index contributed by atoms with van der Waals surface area (Å²) in [5.74, 6) is -1.26. The van der Waals surface area contributed by atoms with E-state index in [-0.39, 0.29) is 11.6 Å². The molecule has 1 N–H and O–H groups in total. The van der Waals surface area contributed by atoms with E-state index in [0.717, 1.165) is 5.56 Å². The third-order valence-corrected chi connectivity index (χ3v) is 6.73. The number of rotatable bonds is 3. The lowest BCUT2D eigenvalue weighted by molar-refractivity contribution is -0.127. The second kappa shape index (κ2) is 6.75. The number of aryl methyl sites for hydroxylation is 1. The molecule has 2 amide bonds. The summed E-state index contributed by atoms with van der Waals surface area (Å²) < 4.78 is 12.8. The van der Waals surface area contributed by atoms with Gasteiger partial charge >= 0.3 is 0 Å². The number of hydrogen-bond donors (Lipinski definition) is 1. The zero-order chi connectivity index (χ0) is 20.1. The van der Waals surface area contributed by atoms with E-state index in [1.54, 1.807) is 19.1 Å². The number of amides is 2. The molecule has 1 aliphatic carbocycles. The minimum absolute atomic E-state index is 0.0837. The van der Waals surface area contributed by atoms with Crippen molar-refractivity contribution in [1.29, 1.82) is 0 Å². The zero-order valence-corrected chi connectivity index (χ0v) is 16.7. The van der Waals surface area contributed by atoms with Gasteiger partial charge in [0.2, 0.25) is 11.8 Å². The molecule has 2 aromatic carbocycles. The van der Waals surface area contributed by atoms with Gasteiger partial charge in [-0.15, -0.1) is 23.2 Å². The van der Waals surface area contributed by atoms with Gasteiger partial charge in [-0.1, -0.05) is 30.3 Å². The fraction of sp³-hybridized carbons (Fsp3) is 0.333. The van der Waals surface area contributed by atoms with Crippen LogP contribution in [0.5, 0.6) is 0 Å². The maximum absolute atomic E-state index is 14.0. The van der Waals surface area contributed by atoms with Crippen LogP contribution in [0.15, 0.2) is 48.5 Å². The number of para-hydroxylation sites is 2. The van der Waals surface area contributed by atoms with Crippen molar-refractivity contribution in [1.82, 2.24) is 0 Å². The Hall–Kier alpha value is -2.11. The average molecular weight is 421 g/mol. The van der Waals surface area contributed by atoms with Crippen LogP contribution in [0.2, 0.25) is 0 Å². The van der Waals surface area contributed by atoms with Gasteiger partial charge < -0.3 is 5.32 Å². The summed E-state index contributed by atoms with van der Waals surface area (Å²) in [5.41, 5.74) is 0.770. The minimum Gasteiger partial charge on any atom is -0.322 e. The van der Waals surface area contributed by atoms with Crippen molar-refractivity contribution in [3.63, 3.8) is 0 Å². The molecule has 146 valence electrons. The van der Waals surface area contributed by atoms with Gasteiger partial charge in [0.25, 0.3) is 0 Å². The van der Waals surface area contributed by atoms with Crippen molar-refractivity contribution in [2.75, 3.05) is 10.2 Å². The fourth-order valence-electron chi connectivity index (χ4n) is 3.72. The van der Waals surface area contributed by atoms with Crippen LogP contribution < -0.4 is 10.2 Å². The molecule has 0 saturated heterocycles. The Morgan fingerprint density at radius 3 is 2.46 bits per heavy atom. The topological polar surface area (TPSA) is 49.4 Å². The molecule has 1 heterocycles. The maximum atomic E-state index is 14.0. The SMILES string of the molecule is C[C@]1(C(=O)N2c3ccccc3CC[C@H]2C(=O)Nc2ccccc2F)CC1(Cl)Cl. The highest BCUT2D eigenvalue weighted by atomic mass is 35.5. The number of anilines is 2. The highest BCUT2D eigenvalue weighted by Crippen LogP contribution is 2.65. The van der Waals surface area contributed by atoms with Crippen LogP contribution in [0, 0.1) is 11.2 Å². The van der Waals surface area contributed by atoms with E-state index in [9.17, 15) is 14.0 Å². The number of nitrogens with one attached hydrogen (secondary N) is 1. The van der Waals surface area contributed by atoms with Gasteiger partial charge in [0.15, 0.2) is 0 Å². The standard InChI is InChI=1S/C21H19Cl2FN2O2/c1-20(12-21(20,22)23)19(28)26-16-9-5-2-6-13(16)10-11-17(26)18(27)25-15-8-4-3-7-14(15)24/h2-9,17H,10-12H2,1H3,(H,25,27)/t17-,20+/m0/s1. The number of fused-ring (bicyclic) bond motifs is 1.